The third-order valence-electron chi connectivity index (χ3n) is 3.35. The number of aliphatic carboxylic acids is 1. The smallest absolute Gasteiger partial charge is 0.266 e. The van der Waals surface area contributed by atoms with Gasteiger partial charge in [-0.05, 0) is 30.7 Å². The summed E-state index contributed by atoms with van der Waals surface area (Å²) in [6.07, 6.45) is 1.52. The highest BCUT2D eigenvalue weighted by molar-refractivity contribution is 8.26. The van der Waals surface area contributed by atoms with E-state index in [2.05, 4.69) is 0 Å². The monoisotopic (exact) mass is 368 g/mol. The molecule has 1 aromatic rings. The summed E-state index contributed by atoms with van der Waals surface area (Å²) in [5.74, 6) is -1.71. The molecule has 0 spiro atoms. The summed E-state index contributed by atoms with van der Waals surface area (Å²) in [6.45, 7) is 1.33. The standard InChI is InChI=1S/C15H15NO6S2/c1-7(14(19)20)16-13(18)11(24-15(16)23)6-8-4-9(21-2)12(17)10(5-8)22-3/h4-7,17H,1-3H3,(H,19,20)/p-1/b11-6-/t7-/m1/s1. The number of thioether (sulfide) groups is 1. The molecule has 1 atom stereocenters. The van der Waals surface area contributed by atoms with Crippen molar-refractivity contribution in [1.29, 1.82) is 0 Å². The average molecular weight is 368 g/mol. The molecule has 9 heteroatoms. The molecule has 7 nitrogen and oxygen atoms in total. The summed E-state index contributed by atoms with van der Waals surface area (Å²) in [7, 11) is 2.78. The molecule has 1 aliphatic heterocycles. The van der Waals surface area contributed by atoms with Gasteiger partial charge >= 0.3 is 0 Å². The first-order chi connectivity index (χ1) is 11.3. The molecular weight excluding hydrogens is 354 g/mol. The Labute approximate surface area is 147 Å². The number of carbonyl (C=O) groups is 2. The lowest BCUT2D eigenvalue weighted by Crippen LogP contribution is -2.48. The van der Waals surface area contributed by atoms with E-state index in [0.717, 1.165) is 16.7 Å². The fourth-order valence-corrected chi connectivity index (χ4v) is 3.49. The fourth-order valence-electron chi connectivity index (χ4n) is 2.07. The highest BCUT2D eigenvalue weighted by Crippen LogP contribution is 2.39. The van der Waals surface area contributed by atoms with E-state index in [1.165, 1.54) is 39.4 Å². The van der Waals surface area contributed by atoms with Crippen LogP contribution in [-0.4, -0.2) is 46.5 Å². The van der Waals surface area contributed by atoms with Crippen LogP contribution in [0.1, 0.15) is 12.5 Å². The van der Waals surface area contributed by atoms with E-state index in [1.54, 1.807) is 0 Å². The number of methoxy groups -OCH3 is 2. The van der Waals surface area contributed by atoms with Gasteiger partial charge in [-0.3, -0.25) is 9.69 Å². The van der Waals surface area contributed by atoms with E-state index in [9.17, 15) is 19.8 Å². The Hall–Kier alpha value is -2.26. The van der Waals surface area contributed by atoms with E-state index in [-0.39, 0.29) is 26.5 Å². The quantitative estimate of drug-likeness (QED) is 0.600. The van der Waals surface area contributed by atoms with Crippen molar-refractivity contribution in [2.24, 2.45) is 0 Å². The maximum absolute atomic E-state index is 12.4. The number of carboxylic acids is 1. The first-order valence-electron chi connectivity index (χ1n) is 6.73. The van der Waals surface area contributed by atoms with Crippen LogP contribution in [-0.2, 0) is 9.59 Å². The van der Waals surface area contributed by atoms with Crippen LogP contribution in [0, 0.1) is 0 Å². The number of benzene rings is 1. The second kappa shape index (κ2) is 7.10. The van der Waals surface area contributed by atoms with Gasteiger partial charge in [-0.15, -0.1) is 0 Å². The van der Waals surface area contributed by atoms with Gasteiger partial charge in [0.15, 0.2) is 11.5 Å². The molecule has 1 fully saturated rings. The Balaban J connectivity index is 2.41. The number of carbonyl (C=O) groups excluding carboxylic acids is 2. The molecule has 0 saturated carbocycles. The molecule has 24 heavy (non-hydrogen) atoms. The van der Waals surface area contributed by atoms with Gasteiger partial charge < -0.3 is 24.5 Å². The van der Waals surface area contributed by atoms with Crippen molar-refractivity contribution in [3.8, 4) is 17.2 Å². The van der Waals surface area contributed by atoms with Gasteiger partial charge in [0.2, 0.25) is 5.75 Å². The summed E-state index contributed by atoms with van der Waals surface area (Å²) < 4.78 is 10.3. The Morgan fingerprint density at radius 2 is 1.92 bits per heavy atom. The number of rotatable bonds is 5. The molecule has 0 aliphatic carbocycles. The van der Waals surface area contributed by atoms with Crippen LogP contribution in [0.15, 0.2) is 17.0 Å². The molecule has 1 heterocycles. The van der Waals surface area contributed by atoms with Crippen LogP contribution in [0.4, 0.5) is 0 Å². The summed E-state index contributed by atoms with van der Waals surface area (Å²) in [4.78, 5) is 24.6. The number of carboxylic acid groups (broad SMARTS) is 1. The minimum Gasteiger partial charge on any atom is -0.548 e. The van der Waals surface area contributed by atoms with Gasteiger partial charge in [0.25, 0.3) is 5.91 Å². The van der Waals surface area contributed by atoms with Crippen LogP contribution in [0.3, 0.4) is 0 Å². The molecular formula is C15H14NO6S2-. The molecule has 1 amide bonds. The predicted octanol–water partition coefficient (Wildman–Crippen LogP) is 0.749. The van der Waals surface area contributed by atoms with Gasteiger partial charge in [-0.25, -0.2) is 0 Å². The van der Waals surface area contributed by atoms with Crippen LogP contribution >= 0.6 is 24.0 Å². The molecule has 0 unspecified atom stereocenters. The molecule has 1 aromatic carbocycles. The van der Waals surface area contributed by atoms with Gasteiger partial charge in [0.1, 0.15) is 4.32 Å². The summed E-state index contributed by atoms with van der Waals surface area (Å²) >= 11 is 6.06. The lowest BCUT2D eigenvalue weighted by molar-refractivity contribution is -0.309. The second-order valence-corrected chi connectivity index (χ2v) is 6.50. The van der Waals surface area contributed by atoms with Crippen molar-refractivity contribution in [2.45, 2.75) is 13.0 Å². The molecule has 0 aromatic heterocycles. The number of hydrogen-bond acceptors (Lipinski definition) is 8. The van der Waals surface area contributed by atoms with Gasteiger partial charge in [-0.1, -0.05) is 24.0 Å². The van der Waals surface area contributed by atoms with E-state index in [1.807, 2.05) is 0 Å². The zero-order valence-corrected chi connectivity index (χ0v) is 14.7. The van der Waals surface area contributed by atoms with Gasteiger partial charge in [0.05, 0.1) is 31.1 Å². The van der Waals surface area contributed by atoms with E-state index in [0.29, 0.717) is 5.56 Å². The number of aromatic hydroxyl groups is 1. The van der Waals surface area contributed by atoms with Crippen LogP contribution in [0.2, 0.25) is 0 Å². The van der Waals surface area contributed by atoms with Crippen LogP contribution in [0.5, 0.6) is 17.2 Å². The van der Waals surface area contributed by atoms with Crippen molar-refractivity contribution in [1.82, 2.24) is 4.90 Å². The number of nitrogens with zero attached hydrogens (tertiary/aromatic N) is 1. The third kappa shape index (κ3) is 3.31. The van der Waals surface area contributed by atoms with Crippen LogP contribution in [0.25, 0.3) is 6.08 Å². The SMILES string of the molecule is COc1cc(/C=C2\SC(=S)N([C@H](C)C(=O)[O-])C2=O)cc(OC)c1O. The normalized spacial score (nSPS) is 17.3. The minimum atomic E-state index is -1.39. The number of thiocarbonyl (C=S) groups is 1. The molecule has 128 valence electrons. The van der Waals surface area contributed by atoms with E-state index in [4.69, 9.17) is 21.7 Å². The highest BCUT2D eigenvalue weighted by atomic mass is 32.2. The molecule has 1 aliphatic rings. The van der Waals surface area contributed by atoms with Gasteiger partial charge in [0, 0.05) is 0 Å². The highest BCUT2D eigenvalue weighted by Gasteiger charge is 2.35. The van der Waals surface area contributed by atoms with Gasteiger partial charge in [-0.2, -0.15) is 0 Å². The Morgan fingerprint density at radius 3 is 2.38 bits per heavy atom. The maximum Gasteiger partial charge on any atom is 0.266 e. The summed E-state index contributed by atoms with van der Waals surface area (Å²) in [5, 5.41) is 20.9. The third-order valence-corrected chi connectivity index (χ3v) is 4.68. The second-order valence-electron chi connectivity index (χ2n) is 4.82. The van der Waals surface area contributed by atoms with Crippen molar-refractivity contribution in [3.63, 3.8) is 0 Å². The molecule has 2 rings (SSSR count). The number of amides is 1. The number of phenolic OH excluding ortho intramolecular Hbond substituents is 1. The largest absolute Gasteiger partial charge is 0.548 e. The first-order valence-corrected chi connectivity index (χ1v) is 7.95. The zero-order chi connectivity index (χ0) is 18.0. The molecule has 1 N–H and O–H groups in total. The molecule has 0 bridgehead atoms. The molecule has 1 saturated heterocycles. The van der Waals surface area contributed by atoms with E-state index < -0.39 is 17.9 Å². The zero-order valence-electron chi connectivity index (χ0n) is 13.1. The van der Waals surface area contributed by atoms with Crippen LogP contribution < -0.4 is 14.6 Å². The lowest BCUT2D eigenvalue weighted by atomic mass is 10.1. The summed E-state index contributed by atoms with van der Waals surface area (Å²) in [5.41, 5.74) is 0.531. The summed E-state index contributed by atoms with van der Waals surface area (Å²) in [6, 6.07) is 1.88. The number of phenols is 1. The fraction of sp³-hybridized carbons (Fsp3) is 0.267. The Bertz CT molecular complexity index is 720. The average Bonchev–Trinajstić information content (AvgIpc) is 2.81. The Kier molecular flexibility index (Phi) is 5.35. The lowest BCUT2D eigenvalue weighted by Gasteiger charge is -2.23. The first kappa shape index (κ1) is 18.1. The number of ether oxygens (including phenoxy) is 2. The van der Waals surface area contributed by atoms with Crippen molar-refractivity contribution >= 4 is 46.3 Å². The molecule has 0 radical (unpaired) electrons. The Morgan fingerprint density at radius 1 is 1.38 bits per heavy atom. The topological polar surface area (TPSA) is 99.1 Å². The van der Waals surface area contributed by atoms with Crippen molar-refractivity contribution in [2.75, 3.05) is 14.2 Å². The maximum atomic E-state index is 12.4. The predicted molar refractivity (Wildman–Crippen MR) is 90.7 cm³/mol. The van der Waals surface area contributed by atoms with E-state index >= 15 is 0 Å². The van der Waals surface area contributed by atoms with Crippen molar-refractivity contribution in [3.05, 3.63) is 22.6 Å². The minimum absolute atomic E-state index is 0.139. The number of hydrogen-bond donors (Lipinski definition) is 1. The van der Waals surface area contributed by atoms with Crippen molar-refractivity contribution < 1.29 is 29.3 Å².